The van der Waals surface area contributed by atoms with Crippen LogP contribution in [0.5, 0.6) is 5.75 Å². The Morgan fingerprint density at radius 1 is 0.833 bits per heavy atom. The Bertz CT molecular complexity index is 1360. The van der Waals surface area contributed by atoms with Gasteiger partial charge in [-0.2, -0.15) is 5.10 Å². The molecule has 7 heteroatoms. The van der Waals surface area contributed by atoms with Crippen LogP contribution >= 0.6 is 15.9 Å². The van der Waals surface area contributed by atoms with Crippen LogP contribution in [0.25, 0.3) is 0 Å². The summed E-state index contributed by atoms with van der Waals surface area (Å²) >= 11 is 3.46. The molecule has 0 saturated carbocycles. The van der Waals surface area contributed by atoms with Gasteiger partial charge in [0.05, 0.1) is 12.6 Å². The number of benzene rings is 4. The zero-order valence-electron chi connectivity index (χ0n) is 19.4. The number of anilines is 1. The summed E-state index contributed by atoms with van der Waals surface area (Å²) in [5.74, 6) is 0.0878. The Morgan fingerprint density at radius 3 is 2.31 bits per heavy atom. The fourth-order valence-corrected chi connectivity index (χ4v) is 3.82. The van der Waals surface area contributed by atoms with Crippen molar-refractivity contribution < 1.29 is 14.3 Å². The highest BCUT2D eigenvalue weighted by molar-refractivity contribution is 9.10. The number of halogens is 1. The van der Waals surface area contributed by atoms with E-state index in [1.54, 1.807) is 24.3 Å². The van der Waals surface area contributed by atoms with Crippen molar-refractivity contribution in [2.75, 3.05) is 5.32 Å². The number of amides is 2. The van der Waals surface area contributed by atoms with Crippen LogP contribution in [-0.4, -0.2) is 18.0 Å². The predicted octanol–water partition coefficient (Wildman–Crippen LogP) is 5.97. The van der Waals surface area contributed by atoms with Crippen molar-refractivity contribution in [2.24, 2.45) is 5.10 Å². The van der Waals surface area contributed by atoms with Crippen molar-refractivity contribution >= 4 is 39.6 Å². The van der Waals surface area contributed by atoms with E-state index >= 15 is 0 Å². The van der Waals surface area contributed by atoms with Crippen molar-refractivity contribution in [1.82, 2.24) is 5.43 Å². The van der Waals surface area contributed by atoms with E-state index in [9.17, 15) is 9.59 Å². The van der Waals surface area contributed by atoms with Crippen molar-refractivity contribution in [2.45, 2.75) is 13.0 Å². The third-order valence-electron chi connectivity index (χ3n) is 5.19. The van der Waals surface area contributed by atoms with Gasteiger partial charge in [-0.05, 0) is 47.5 Å². The molecule has 0 aliphatic carbocycles. The molecule has 36 heavy (non-hydrogen) atoms. The SMILES string of the molecule is O=C(Cc1ccccc1)Nc1cccc(C(=O)N/N=C/c2cc(Br)ccc2OCc2ccccc2)c1. The fourth-order valence-electron chi connectivity index (χ4n) is 3.44. The normalized spacial score (nSPS) is 10.7. The van der Waals surface area contributed by atoms with Crippen LogP contribution in [0.3, 0.4) is 0 Å². The van der Waals surface area contributed by atoms with Crippen LogP contribution < -0.4 is 15.5 Å². The zero-order valence-corrected chi connectivity index (χ0v) is 20.9. The van der Waals surface area contributed by atoms with E-state index in [0.29, 0.717) is 29.2 Å². The van der Waals surface area contributed by atoms with Gasteiger partial charge in [0.25, 0.3) is 5.91 Å². The van der Waals surface area contributed by atoms with Crippen molar-refractivity contribution in [3.8, 4) is 5.75 Å². The van der Waals surface area contributed by atoms with E-state index in [4.69, 9.17) is 4.74 Å². The third kappa shape index (κ3) is 7.38. The van der Waals surface area contributed by atoms with Gasteiger partial charge in [-0.3, -0.25) is 9.59 Å². The number of carbonyl (C=O) groups is 2. The minimum atomic E-state index is -0.396. The molecule has 6 nitrogen and oxygen atoms in total. The highest BCUT2D eigenvalue weighted by Gasteiger charge is 2.09. The molecule has 0 aliphatic heterocycles. The molecule has 2 N–H and O–H groups in total. The van der Waals surface area contributed by atoms with Gasteiger partial charge in [0, 0.05) is 21.3 Å². The average molecular weight is 542 g/mol. The van der Waals surface area contributed by atoms with Crippen molar-refractivity contribution in [1.29, 1.82) is 0 Å². The number of rotatable bonds is 9. The van der Waals surface area contributed by atoms with E-state index in [0.717, 1.165) is 15.6 Å². The van der Waals surface area contributed by atoms with E-state index in [2.05, 4.69) is 31.8 Å². The summed E-state index contributed by atoms with van der Waals surface area (Å²) in [4.78, 5) is 25.0. The molecule has 0 bridgehead atoms. The largest absolute Gasteiger partial charge is 0.488 e. The molecule has 0 spiro atoms. The van der Waals surface area contributed by atoms with Gasteiger partial charge in [-0.1, -0.05) is 82.7 Å². The molecule has 0 atom stereocenters. The smallest absolute Gasteiger partial charge is 0.271 e. The van der Waals surface area contributed by atoms with Crippen molar-refractivity contribution in [3.63, 3.8) is 0 Å². The number of hydrogen-bond acceptors (Lipinski definition) is 4. The Labute approximate surface area is 218 Å². The second kappa shape index (κ2) is 12.5. The first kappa shape index (κ1) is 24.9. The van der Waals surface area contributed by atoms with E-state index in [1.165, 1.54) is 6.21 Å². The maximum absolute atomic E-state index is 12.6. The lowest BCUT2D eigenvalue weighted by atomic mass is 10.1. The molecule has 2 amide bonds. The minimum Gasteiger partial charge on any atom is -0.488 e. The monoisotopic (exact) mass is 541 g/mol. The fraction of sp³-hybridized carbons (Fsp3) is 0.0690. The van der Waals surface area contributed by atoms with Gasteiger partial charge in [0.2, 0.25) is 5.91 Å². The summed E-state index contributed by atoms with van der Waals surface area (Å²) in [6.45, 7) is 0.415. The summed E-state index contributed by atoms with van der Waals surface area (Å²) in [7, 11) is 0. The minimum absolute atomic E-state index is 0.158. The quantitative estimate of drug-likeness (QED) is 0.202. The average Bonchev–Trinajstić information content (AvgIpc) is 2.89. The molecular weight excluding hydrogens is 518 g/mol. The Balaban J connectivity index is 1.37. The molecule has 0 fully saturated rings. The lowest BCUT2D eigenvalue weighted by molar-refractivity contribution is -0.115. The van der Waals surface area contributed by atoms with Crippen LogP contribution in [0, 0.1) is 0 Å². The van der Waals surface area contributed by atoms with Crippen LogP contribution in [0.15, 0.2) is 113 Å². The highest BCUT2D eigenvalue weighted by Crippen LogP contribution is 2.23. The van der Waals surface area contributed by atoms with E-state index in [1.807, 2.05) is 78.9 Å². The maximum atomic E-state index is 12.6. The topological polar surface area (TPSA) is 79.8 Å². The van der Waals surface area contributed by atoms with Gasteiger partial charge in [0.1, 0.15) is 12.4 Å². The standard InChI is InChI=1S/C29H24BrN3O3/c30-25-14-15-27(36-20-22-10-5-2-6-11-22)24(17-25)19-31-33-29(35)23-12-7-13-26(18-23)32-28(34)16-21-8-3-1-4-9-21/h1-15,17-19H,16,20H2,(H,32,34)(H,33,35)/b31-19+. The van der Waals surface area contributed by atoms with E-state index < -0.39 is 5.91 Å². The molecule has 0 saturated heterocycles. The number of nitrogens with one attached hydrogen (secondary N) is 2. The molecular formula is C29H24BrN3O3. The van der Waals surface area contributed by atoms with Crippen LogP contribution in [0.1, 0.15) is 27.0 Å². The first-order valence-corrected chi connectivity index (χ1v) is 12.1. The third-order valence-corrected chi connectivity index (χ3v) is 5.69. The molecule has 0 unspecified atom stereocenters. The number of nitrogens with zero attached hydrogens (tertiary/aromatic N) is 1. The summed E-state index contributed by atoms with van der Waals surface area (Å²) < 4.78 is 6.81. The first-order valence-electron chi connectivity index (χ1n) is 11.3. The highest BCUT2D eigenvalue weighted by atomic mass is 79.9. The summed E-state index contributed by atoms with van der Waals surface area (Å²) in [5, 5.41) is 6.94. The van der Waals surface area contributed by atoms with Crippen LogP contribution in [-0.2, 0) is 17.8 Å². The van der Waals surface area contributed by atoms with Gasteiger partial charge < -0.3 is 10.1 Å². The molecule has 4 rings (SSSR count). The molecule has 0 radical (unpaired) electrons. The second-order valence-electron chi connectivity index (χ2n) is 7.95. The lowest BCUT2D eigenvalue weighted by Crippen LogP contribution is -2.19. The number of carbonyl (C=O) groups excluding carboxylic acids is 2. The van der Waals surface area contributed by atoms with Gasteiger partial charge >= 0.3 is 0 Å². The van der Waals surface area contributed by atoms with Gasteiger partial charge in [0.15, 0.2) is 0 Å². The summed E-state index contributed by atoms with van der Waals surface area (Å²) in [6.07, 6.45) is 1.79. The molecule has 4 aromatic rings. The van der Waals surface area contributed by atoms with Crippen LogP contribution in [0.4, 0.5) is 5.69 Å². The summed E-state index contributed by atoms with van der Waals surface area (Å²) in [5.41, 5.74) is 6.12. The van der Waals surface area contributed by atoms with Crippen molar-refractivity contribution in [3.05, 3.63) is 130 Å². The van der Waals surface area contributed by atoms with E-state index in [-0.39, 0.29) is 12.3 Å². The molecule has 4 aromatic carbocycles. The maximum Gasteiger partial charge on any atom is 0.271 e. The second-order valence-corrected chi connectivity index (χ2v) is 8.86. The number of ether oxygens (including phenoxy) is 1. The Hall–Kier alpha value is -4.23. The Kier molecular flexibility index (Phi) is 8.62. The predicted molar refractivity (Wildman–Crippen MR) is 145 cm³/mol. The summed E-state index contributed by atoms with van der Waals surface area (Å²) in [6, 6.07) is 31.6. The number of hydrazone groups is 1. The van der Waals surface area contributed by atoms with Gasteiger partial charge in [-0.15, -0.1) is 0 Å². The molecule has 0 aliphatic rings. The molecule has 180 valence electrons. The van der Waals surface area contributed by atoms with Gasteiger partial charge in [-0.25, -0.2) is 5.43 Å². The Morgan fingerprint density at radius 2 is 1.56 bits per heavy atom. The first-order chi connectivity index (χ1) is 17.6. The zero-order chi connectivity index (χ0) is 25.2. The molecule has 0 aromatic heterocycles. The number of hydrogen-bond donors (Lipinski definition) is 2. The van der Waals surface area contributed by atoms with Crippen LogP contribution in [0.2, 0.25) is 0 Å². The molecule has 0 heterocycles. The lowest BCUT2D eigenvalue weighted by Gasteiger charge is -2.10.